The minimum Gasteiger partial charge on any atom is -0.467 e. The van der Waals surface area contributed by atoms with Gasteiger partial charge < -0.3 is 15.1 Å². The summed E-state index contributed by atoms with van der Waals surface area (Å²) in [5, 5.41) is 5.80. The van der Waals surface area contributed by atoms with Gasteiger partial charge in [0, 0.05) is 11.8 Å². The molecule has 0 spiro atoms. The van der Waals surface area contributed by atoms with Crippen LogP contribution in [0.3, 0.4) is 0 Å². The maximum absolute atomic E-state index is 12.9. The predicted molar refractivity (Wildman–Crippen MR) is 68.1 cm³/mol. The fourth-order valence-corrected chi connectivity index (χ4v) is 1.57. The number of hydrogen-bond acceptors (Lipinski definition) is 2. The van der Waals surface area contributed by atoms with Crippen molar-refractivity contribution in [1.82, 2.24) is 5.32 Å². The third-order valence-corrected chi connectivity index (χ3v) is 2.37. The van der Waals surface area contributed by atoms with Gasteiger partial charge in [0.25, 0.3) is 0 Å². The maximum atomic E-state index is 12.9. The molecule has 0 saturated heterocycles. The maximum Gasteiger partial charge on any atom is 0.171 e. The van der Waals surface area contributed by atoms with Crippen LogP contribution in [0.4, 0.5) is 14.5 Å². The third kappa shape index (κ3) is 3.53. The molecule has 0 aliphatic heterocycles. The molecule has 2 aromatic rings. The number of hydrogen-bond donors (Lipinski definition) is 2. The number of halogens is 2. The summed E-state index contributed by atoms with van der Waals surface area (Å²) in [4.78, 5) is 0. The molecule has 0 saturated carbocycles. The normalized spacial score (nSPS) is 10.1. The second-order valence-electron chi connectivity index (χ2n) is 3.55. The second kappa shape index (κ2) is 5.59. The fourth-order valence-electron chi connectivity index (χ4n) is 1.38. The van der Waals surface area contributed by atoms with Crippen LogP contribution in [0.5, 0.6) is 0 Å². The van der Waals surface area contributed by atoms with Crippen LogP contribution >= 0.6 is 12.2 Å². The Balaban J connectivity index is 1.90. The van der Waals surface area contributed by atoms with E-state index in [9.17, 15) is 8.78 Å². The molecule has 0 radical (unpaired) electrons. The fraction of sp³-hybridized carbons (Fsp3) is 0.0833. The summed E-state index contributed by atoms with van der Waals surface area (Å²) >= 11 is 4.99. The summed E-state index contributed by atoms with van der Waals surface area (Å²) in [7, 11) is 0. The Bertz CT molecular complexity index is 523. The van der Waals surface area contributed by atoms with Gasteiger partial charge in [0.2, 0.25) is 0 Å². The lowest BCUT2D eigenvalue weighted by Gasteiger charge is -2.09. The minimum absolute atomic E-state index is 0.254. The van der Waals surface area contributed by atoms with E-state index >= 15 is 0 Å². The molecule has 0 unspecified atom stereocenters. The smallest absolute Gasteiger partial charge is 0.171 e. The van der Waals surface area contributed by atoms with E-state index in [1.807, 2.05) is 0 Å². The van der Waals surface area contributed by atoms with Crippen molar-refractivity contribution in [2.75, 3.05) is 5.32 Å². The summed E-state index contributed by atoms with van der Waals surface area (Å²) in [5.41, 5.74) is 0.254. The van der Waals surface area contributed by atoms with E-state index in [0.717, 1.165) is 18.2 Å². The molecule has 2 N–H and O–H groups in total. The molecule has 0 atom stereocenters. The van der Waals surface area contributed by atoms with E-state index in [1.54, 1.807) is 18.4 Å². The number of anilines is 1. The van der Waals surface area contributed by atoms with Crippen molar-refractivity contribution >= 4 is 23.0 Å². The average molecular weight is 268 g/mol. The molecule has 0 fully saturated rings. The van der Waals surface area contributed by atoms with Gasteiger partial charge in [0.1, 0.15) is 17.4 Å². The Labute approximate surface area is 108 Å². The molecule has 0 amide bonds. The molecular weight excluding hydrogens is 258 g/mol. The van der Waals surface area contributed by atoms with Crippen LogP contribution in [-0.4, -0.2) is 5.11 Å². The van der Waals surface area contributed by atoms with E-state index in [4.69, 9.17) is 16.6 Å². The first kappa shape index (κ1) is 12.5. The van der Waals surface area contributed by atoms with Gasteiger partial charge in [-0.05, 0) is 36.5 Å². The Kier molecular flexibility index (Phi) is 3.88. The summed E-state index contributed by atoms with van der Waals surface area (Å²) in [6.45, 7) is 0.399. The molecule has 0 bridgehead atoms. The Hall–Kier alpha value is -1.95. The lowest BCUT2D eigenvalue weighted by atomic mass is 10.3. The van der Waals surface area contributed by atoms with Crippen LogP contribution < -0.4 is 10.6 Å². The van der Waals surface area contributed by atoms with E-state index in [1.165, 1.54) is 0 Å². The van der Waals surface area contributed by atoms with Crippen molar-refractivity contribution < 1.29 is 13.2 Å². The van der Waals surface area contributed by atoms with Gasteiger partial charge in [-0.25, -0.2) is 8.78 Å². The molecule has 2 rings (SSSR count). The molecule has 18 heavy (non-hydrogen) atoms. The van der Waals surface area contributed by atoms with E-state index < -0.39 is 11.6 Å². The number of thiocarbonyl (C=S) groups is 1. The average Bonchev–Trinajstić information content (AvgIpc) is 2.77. The van der Waals surface area contributed by atoms with Crippen molar-refractivity contribution in [1.29, 1.82) is 0 Å². The van der Waals surface area contributed by atoms with Crippen LogP contribution in [0.25, 0.3) is 0 Å². The van der Waals surface area contributed by atoms with Crippen molar-refractivity contribution in [3.05, 3.63) is 54.0 Å². The van der Waals surface area contributed by atoms with Crippen LogP contribution in [-0.2, 0) is 6.54 Å². The van der Waals surface area contributed by atoms with Gasteiger partial charge in [0.05, 0.1) is 12.8 Å². The minimum atomic E-state index is -0.661. The Morgan fingerprint density at radius 3 is 2.56 bits per heavy atom. The highest BCUT2D eigenvalue weighted by atomic mass is 32.1. The molecule has 94 valence electrons. The largest absolute Gasteiger partial charge is 0.467 e. The zero-order valence-electron chi connectivity index (χ0n) is 9.24. The van der Waals surface area contributed by atoms with Crippen molar-refractivity contribution in [3.8, 4) is 0 Å². The second-order valence-corrected chi connectivity index (χ2v) is 3.95. The number of rotatable bonds is 3. The highest BCUT2D eigenvalue weighted by molar-refractivity contribution is 7.80. The Morgan fingerprint density at radius 2 is 1.94 bits per heavy atom. The lowest BCUT2D eigenvalue weighted by molar-refractivity contribution is 0.503. The SMILES string of the molecule is Fc1cc(F)cc(NC(=S)NCc2ccco2)c1. The van der Waals surface area contributed by atoms with Crippen molar-refractivity contribution in [2.24, 2.45) is 0 Å². The van der Waals surface area contributed by atoms with E-state index in [0.29, 0.717) is 12.3 Å². The van der Waals surface area contributed by atoms with Crippen LogP contribution in [0, 0.1) is 11.6 Å². The lowest BCUT2D eigenvalue weighted by Crippen LogP contribution is -2.27. The predicted octanol–water partition coefficient (Wildman–Crippen LogP) is 3.04. The standard InChI is InChI=1S/C12H10F2N2OS/c13-8-4-9(14)6-10(5-8)16-12(18)15-7-11-2-1-3-17-11/h1-6H,7H2,(H2,15,16,18). The zero-order valence-corrected chi connectivity index (χ0v) is 10.1. The van der Waals surface area contributed by atoms with Crippen molar-refractivity contribution in [2.45, 2.75) is 6.54 Å². The molecule has 6 heteroatoms. The molecule has 0 aliphatic rings. The zero-order chi connectivity index (χ0) is 13.0. The number of nitrogens with one attached hydrogen (secondary N) is 2. The molecule has 1 aromatic heterocycles. The topological polar surface area (TPSA) is 37.2 Å². The monoisotopic (exact) mass is 268 g/mol. The summed E-state index contributed by atoms with van der Waals surface area (Å²) in [6.07, 6.45) is 1.55. The molecule has 1 heterocycles. The van der Waals surface area contributed by atoms with Crippen molar-refractivity contribution in [3.63, 3.8) is 0 Å². The first-order chi connectivity index (χ1) is 8.63. The third-order valence-electron chi connectivity index (χ3n) is 2.12. The van der Waals surface area contributed by atoms with E-state index in [-0.39, 0.29) is 10.8 Å². The summed E-state index contributed by atoms with van der Waals surface area (Å²) < 4.78 is 31.0. The number of furan rings is 1. The Morgan fingerprint density at radius 1 is 1.22 bits per heavy atom. The molecule has 3 nitrogen and oxygen atoms in total. The van der Waals surface area contributed by atoms with Gasteiger partial charge >= 0.3 is 0 Å². The van der Waals surface area contributed by atoms with Gasteiger partial charge in [-0.1, -0.05) is 0 Å². The quantitative estimate of drug-likeness (QED) is 0.839. The van der Waals surface area contributed by atoms with Gasteiger partial charge in [-0.3, -0.25) is 0 Å². The number of benzene rings is 1. The first-order valence-electron chi connectivity index (χ1n) is 5.17. The highest BCUT2D eigenvalue weighted by Crippen LogP contribution is 2.12. The molecule has 0 aliphatic carbocycles. The van der Waals surface area contributed by atoms with Gasteiger partial charge in [-0.2, -0.15) is 0 Å². The summed E-state index contributed by atoms with van der Waals surface area (Å²) in [6, 6.07) is 6.66. The molecule has 1 aromatic carbocycles. The van der Waals surface area contributed by atoms with Crippen LogP contribution in [0.1, 0.15) is 5.76 Å². The van der Waals surface area contributed by atoms with Crippen LogP contribution in [0.2, 0.25) is 0 Å². The van der Waals surface area contributed by atoms with Crippen LogP contribution in [0.15, 0.2) is 41.0 Å². The summed E-state index contributed by atoms with van der Waals surface area (Å²) in [5.74, 6) is -0.609. The van der Waals surface area contributed by atoms with Gasteiger partial charge in [-0.15, -0.1) is 0 Å². The van der Waals surface area contributed by atoms with E-state index in [2.05, 4.69) is 10.6 Å². The first-order valence-corrected chi connectivity index (χ1v) is 5.57. The molecular formula is C12H10F2N2OS. The highest BCUT2D eigenvalue weighted by Gasteiger charge is 2.03. The van der Waals surface area contributed by atoms with Gasteiger partial charge in [0.15, 0.2) is 5.11 Å².